The van der Waals surface area contributed by atoms with Gasteiger partial charge in [-0.2, -0.15) is 18.2 Å². The van der Waals surface area contributed by atoms with Crippen LogP contribution in [-0.2, 0) is 10.9 Å². The lowest BCUT2D eigenvalue weighted by Crippen LogP contribution is -2.57. The minimum Gasteiger partial charge on any atom is -0.371 e. The molecule has 3 saturated heterocycles. The molecule has 0 radical (unpaired) electrons. The molecule has 24 heavy (non-hydrogen) atoms. The van der Waals surface area contributed by atoms with Crippen molar-refractivity contribution in [2.75, 3.05) is 18.0 Å². The van der Waals surface area contributed by atoms with Gasteiger partial charge >= 0.3 is 6.18 Å². The highest BCUT2D eigenvalue weighted by Gasteiger charge is 2.40. The first-order valence-corrected chi connectivity index (χ1v) is 8.24. The summed E-state index contributed by atoms with van der Waals surface area (Å²) in [6.07, 6.45) is -3.79. The van der Waals surface area contributed by atoms with E-state index >= 15 is 0 Å². The number of rotatable bonds is 1. The number of hydrogen-bond acceptors (Lipinski definition) is 4. The number of anilines is 1. The fraction of sp³-hybridized carbons (Fsp3) is 0.429. The SMILES string of the molecule is Fc1c(Br)c(C(F)(F)F)cc2c(N3CC4CC(C3)O4)nc(Cl)nc12. The van der Waals surface area contributed by atoms with E-state index in [0.29, 0.717) is 13.1 Å². The average molecular weight is 427 g/mol. The third-order valence-electron chi connectivity index (χ3n) is 4.19. The molecular formula is C14H9BrClF4N3O. The third kappa shape index (κ3) is 2.53. The summed E-state index contributed by atoms with van der Waals surface area (Å²) in [5.41, 5.74) is -1.36. The van der Waals surface area contributed by atoms with E-state index in [-0.39, 0.29) is 34.2 Å². The molecular weight excluding hydrogens is 418 g/mol. The zero-order valence-electron chi connectivity index (χ0n) is 11.9. The summed E-state index contributed by atoms with van der Waals surface area (Å²) in [4.78, 5) is 9.59. The maximum absolute atomic E-state index is 14.5. The molecule has 5 rings (SSSR count). The molecule has 3 aliphatic rings. The van der Waals surface area contributed by atoms with Crippen molar-refractivity contribution >= 4 is 44.3 Å². The lowest BCUT2D eigenvalue weighted by molar-refractivity contribution is -0.138. The van der Waals surface area contributed by atoms with Crippen molar-refractivity contribution in [3.05, 3.63) is 27.2 Å². The molecule has 2 atom stereocenters. The van der Waals surface area contributed by atoms with E-state index in [9.17, 15) is 17.6 Å². The number of hydrogen-bond donors (Lipinski definition) is 0. The number of benzene rings is 1. The summed E-state index contributed by atoms with van der Waals surface area (Å²) in [5.74, 6) is -0.913. The molecule has 0 spiro atoms. The molecule has 1 aromatic carbocycles. The second kappa shape index (κ2) is 5.40. The van der Waals surface area contributed by atoms with E-state index in [0.717, 1.165) is 12.5 Å². The predicted molar refractivity (Wildman–Crippen MR) is 82.7 cm³/mol. The lowest BCUT2D eigenvalue weighted by atomic mass is 9.98. The van der Waals surface area contributed by atoms with Crippen LogP contribution in [0.25, 0.3) is 10.9 Å². The fourth-order valence-electron chi connectivity index (χ4n) is 3.14. The molecule has 2 bridgehead atoms. The molecule has 2 aromatic rings. The first-order chi connectivity index (χ1) is 11.2. The van der Waals surface area contributed by atoms with Crippen LogP contribution in [0, 0.1) is 5.82 Å². The first-order valence-electron chi connectivity index (χ1n) is 7.07. The number of alkyl halides is 3. The van der Waals surface area contributed by atoms with Crippen molar-refractivity contribution in [2.24, 2.45) is 0 Å². The van der Waals surface area contributed by atoms with Gasteiger partial charge in [0, 0.05) is 24.9 Å². The van der Waals surface area contributed by atoms with Crippen molar-refractivity contribution in [1.82, 2.24) is 9.97 Å². The summed E-state index contributed by atoms with van der Waals surface area (Å²) < 4.78 is 58.8. The molecule has 4 heterocycles. The number of halogens is 6. The Morgan fingerprint density at radius 2 is 1.88 bits per heavy atom. The average Bonchev–Trinajstić information content (AvgIpc) is 2.49. The van der Waals surface area contributed by atoms with Crippen molar-refractivity contribution in [1.29, 1.82) is 0 Å². The largest absolute Gasteiger partial charge is 0.417 e. The minimum absolute atomic E-state index is 0.00919. The van der Waals surface area contributed by atoms with E-state index in [1.54, 1.807) is 4.90 Å². The van der Waals surface area contributed by atoms with Crippen molar-refractivity contribution in [3.8, 4) is 0 Å². The molecule has 2 unspecified atom stereocenters. The number of ether oxygens (including phenoxy) is 1. The van der Waals surface area contributed by atoms with Gasteiger partial charge in [0.2, 0.25) is 5.28 Å². The summed E-state index contributed by atoms with van der Waals surface area (Å²) in [7, 11) is 0. The maximum Gasteiger partial charge on any atom is 0.417 e. The summed E-state index contributed by atoms with van der Waals surface area (Å²) in [6, 6.07) is 0.856. The molecule has 0 aliphatic carbocycles. The summed E-state index contributed by atoms with van der Waals surface area (Å²) >= 11 is 8.53. The first kappa shape index (κ1) is 16.3. The highest BCUT2D eigenvalue weighted by atomic mass is 79.9. The Hall–Kier alpha value is -1.19. The van der Waals surface area contributed by atoms with Crippen LogP contribution in [0.3, 0.4) is 0 Å². The van der Waals surface area contributed by atoms with E-state index < -0.39 is 22.0 Å². The fourth-order valence-corrected chi connectivity index (χ4v) is 3.83. The molecule has 0 N–H and O–H groups in total. The minimum atomic E-state index is -4.71. The molecule has 10 heteroatoms. The number of nitrogens with zero attached hydrogens (tertiary/aromatic N) is 3. The number of aromatic nitrogens is 2. The second-order valence-corrected chi connectivity index (χ2v) is 6.91. The summed E-state index contributed by atoms with van der Waals surface area (Å²) in [5, 5.41) is -0.239. The summed E-state index contributed by atoms with van der Waals surface area (Å²) in [6.45, 7) is 0.940. The predicted octanol–water partition coefficient (Wildman–Crippen LogP) is 4.18. The van der Waals surface area contributed by atoms with Gasteiger partial charge in [-0.25, -0.2) is 9.37 Å². The molecule has 0 saturated carbocycles. The topological polar surface area (TPSA) is 38.2 Å². The smallest absolute Gasteiger partial charge is 0.371 e. The van der Waals surface area contributed by atoms with Gasteiger partial charge in [-0.1, -0.05) is 0 Å². The van der Waals surface area contributed by atoms with Gasteiger partial charge in [0.1, 0.15) is 11.3 Å². The zero-order valence-corrected chi connectivity index (χ0v) is 14.2. The van der Waals surface area contributed by atoms with Gasteiger partial charge in [0.15, 0.2) is 5.82 Å². The number of piperidine rings is 1. The van der Waals surface area contributed by atoms with Crippen LogP contribution < -0.4 is 4.90 Å². The quantitative estimate of drug-likeness (QED) is 0.506. The Bertz CT molecular complexity index is 831. The van der Waals surface area contributed by atoms with Gasteiger partial charge in [-0.05, 0) is 33.6 Å². The van der Waals surface area contributed by atoms with Crippen molar-refractivity contribution < 1.29 is 22.3 Å². The molecule has 4 nitrogen and oxygen atoms in total. The molecule has 128 valence electrons. The van der Waals surface area contributed by atoms with Gasteiger partial charge in [0.05, 0.1) is 22.2 Å². The highest BCUT2D eigenvalue weighted by molar-refractivity contribution is 9.10. The van der Waals surface area contributed by atoms with Crippen LogP contribution in [-0.4, -0.2) is 35.3 Å². The van der Waals surface area contributed by atoms with Crippen molar-refractivity contribution in [2.45, 2.75) is 24.8 Å². The third-order valence-corrected chi connectivity index (χ3v) is 5.13. The van der Waals surface area contributed by atoms with Crippen LogP contribution >= 0.6 is 27.5 Å². The molecule has 3 aliphatic heterocycles. The number of fused-ring (bicyclic) bond motifs is 3. The Labute approximate surface area is 146 Å². The second-order valence-electron chi connectivity index (χ2n) is 5.78. The van der Waals surface area contributed by atoms with Crippen molar-refractivity contribution in [3.63, 3.8) is 0 Å². The van der Waals surface area contributed by atoms with Crippen LogP contribution in [0.2, 0.25) is 5.28 Å². The Kier molecular flexibility index (Phi) is 3.67. The Morgan fingerprint density at radius 3 is 2.46 bits per heavy atom. The molecule has 3 fully saturated rings. The van der Waals surface area contributed by atoms with E-state index in [1.807, 2.05) is 0 Å². The highest BCUT2D eigenvalue weighted by Crippen LogP contribution is 2.42. The van der Waals surface area contributed by atoms with Crippen LogP contribution in [0.15, 0.2) is 10.5 Å². The van der Waals surface area contributed by atoms with Gasteiger partial charge in [0.25, 0.3) is 0 Å². The normalized spacial score (nSPS) is 23.5. The van der Waals surface area contributed by atoms with Gasteiger partial charge < -0.3 is 9.64 Å². The molecule has 0 amide bonds. The van der Waals surface area contributed by atoms with Crippen LogP contribution in [0.5, 0.6) is 0 Å². The van der Waals surface area contributed by atoms with E-state index in [1.165, 1.54) is 0 Å². The van der Waals surface area contributed by atoms with Crippen LogP contribution in [0.4, 0.5) is 23.4 Å². The van der Waals surface area contributed by atoms with Gasteiger partial charge in [-0.3, -0.25) is 0 Å². The van der Waals surface area contributed by atoms with Gasteiger partial charge in [-0.15, -0.1) is 0 Å². The number of morpholine rings is 1. The Balaban J connectivity index is 1.94. The molecule has 1 aromatic heterocycles. The van der Waals surface area contributed by atoms with Crippen LogP contribution in [0.1, 0.15) is 12.0 Å². The monoisotopic (exact) mass is 425 g/mol. The maximum atomic E-state index is 14.5. The standard InChI is InChI=1S/C14H9BrClF4N3O/c15-9-8(14(18,19)20)2-7-11(10(9)17)21-13(16)22-12(7)23-3-5-1-6(4-23)24-5/h2,5-6H,1,3-4H2. The van der Waals surface area contributed by atoms with E-state index in [4.69, 9.17) is 16.3 Å². The lowest BCUT2D eigenvalue weighted by Gasteiger charge is -2.47. The van der Waals surface area contributed by atoms with E-state index in [2.05, 4.69) is 25.9 Å². The Morgan fingerprint density at radius 1 is 1.25 bits per heavy atom. The zero-order chi connectivity index (χ0) is 17.2.